The molecule has 0 saturated carbocycles. The summed E-state index contributed by atoms with van der Waals surface area (Å²) in [4.78, 5) is 0.376. The van der Waals surface area contributed by atoms with Crippen molar-refractivity contribution in [2.75, 3.05) is 40.0 Å². The summed E-state index contributed by atoms with van der Waals surface area (Å²) in [6.45, 7) is 2.95. The van der Waals surface area contributed by atoms with E-state index in [0.717, 1.165) is 23.6 Å². The monoisotopic (exact) mass is 363 g/mol. The molecule has 6 heteroatoms. The van der Waals surface area contributed by atoms with Crippen LogP contribution < -0.4 is 0 Å². The van der Waals surface area contributed by atoms with E-state index in [1.807, 2.05) is 30.3 Å². The predicted molar refractivity (Wildman–Crippen MR) is 98.1 cm³/mol. The molecule has 2 aromatic rings. The van der Waals surface area contributed by atoms with E-state index in [1.54, 1.807) is 23.5 Å². The minimum Gasteiger partial charge on any atom is -0.382 e. The van der Waals surface area contributed by atoms with Crippen LogP contribution in [-0.4, -0.2) is 52.7 Å². The van der Waals surface area contributed by atoms with Gasteiger partial charge < -0.3 is 9.47 Å². The third kappa shape index (κ3) is 4.39. The van der Waals surface area contributed by atoms with Gasteiger partial charge in [-0.05, 0) is 41.7 Å². The minimum atomic E-state index is -3.43. The van der Waals surface area contributed by atoms with Crippen LogP contribution in [0.2, 0.25) is 0 Å². The number of hydrogen-bond acceptors (Lipinski definition) is 4. The molecular weight excluding hydrogens is 338 g/mol. The van der Waals surface area contributed by atoms with Crippen LogP contribution in [0.4, 0.5) is 0 Å². The molecule has 0 N–H and O–H groups in total. The summed E-state index contributed by atoms with van der Waals surface area (Å²) in [5, 5.41) is 2.00. The van der Waals surface area contributed by atoms with Gasteiger partial charge in [-0.1, -0.05) is 30.3 Å². The van der Waals surface area contributed by atoms with Gasteiger partial charge in [-0.15, -0.1) is 0 Å². The lowest BCUT2D eigenvalue weighted by molar-refractivity contribution is 0.0410. The molecule has 0 aliphatic carbocycles. The van der Waals surface area contributed by atoms with Gasteiger partial charge in [-0.25, -0.2) is 8.42 Å². The van der Waals surface area contributed by atoms with Crippen LogP contribution in [0.1, 0.15) is 12.8 Å². The summed E-state index contributed by atoms with van der Waals surface area (Å²) < 4.78 is 38.0. The standard InChI is InChI=1S/C19H25NO4S/c1-23-12-13-24-15-16-8-10-20(11-9-16)25(21,22)19-7-6-17-4-2-3-5-18(17)14-19/h2-7,14,16H,8-13,15H2,1H3. The Hall–Kier alpha value is -1.47. The van der Waals surface area contributed by atoms with E-state index in [-0.39, 0.29) is 0 Å². The third-order valence-electron chi connectivity index (χ3n) is 4.72. The van der Waals surface area contributed by atoms with Gasteiger partial charge in [-0.3, -0.25) is 0 Å². The molecule has 5 nitrogen and oxygen atoms in total. The summed E-state index contributed by atoms with van der Waals surface area (Å²) in [5.74, 6) is 0.417. The van der Waals surface area contributed by atoms with Crippen molar-refractivity contribution in [1.29, 1.82) is 0 Å². The number of sulfonamides is 1. The zero-order valence-electron chi connectivity index (χ0n) is 14.6. The second kappa shape index (κ2) is 8.27. The number of rotatable bonds is 7. The van der Waals surface area contributed by atoms with E-state index in [9.17, 15) is 8.42 Å². The summed E-state index contributed by atoms with van der Waals surface area (Å²) in [5.41, 5.74) is 0. The molecule has 3 rings (SSSR count). The van der Waals surface area contributed by atoms with Crippen molar-refractivity contribution < 1.29 is 17.9 Å². The van der Waals surface area contributed by atoms with E-state index < -0.39 is 10.0 Å². The molecule has 0 unspecified atom stereocenters. The smallest absolute Gasteiger partial charge is 0.243 e. The van der Waals surface area contributed by atoms with E-state index in [4.69, 9.17) is 9.47 Å². The van der Waals surface area contributed by atoms with E-state index in [0.29, 0.717) is 43.7 Å². The number of methoxy groups -OCH3 is 1. The Balaban J connectivity index is 1.63. The molecule has 1 aliphatic heterocycles. The summed E-state index contributed by atoms with van der Waals surface area (Å²) in [6.07, 6.45) is 1.67. The zero-order chi connectivity index (χ0) is 17.7. The molecule has 1 aliphatic rings. The Morgan fingerprint density at radius 2 is 1.76 bits per heavy atom. The fraction of sp³-hybridized carbons (Fsp3) is 0.474. The Morgan fingerprint density at radius 3 is 2.48 bits per heavy atom. The molecular formula is C19H25NO4S. The Labute approximate surface area is 149 Å². The summed E-state index contributed by atoms with van der Waals surface area (Å²) in [6, 6.07) is 13.2. The van der Waals surface area contributed by atoms with Gasteiger partial charge in [0.2, 0.25) is 10.0 Å². The first kappa shape index (κ1) is 18.3. The largest absolute Gasteiger partial charge is 0.382 e. The highest BCUT2D eigenvalue weighted by Gasteiger charge is 2.29. The van der Waals surface area contributed by atoms with Crippen LogP contribution in [0.25, 0.3) is 10.8 Å². The fourth-order valence-electron chi connectivity index (χ4n) is 3.19. The number of fused-ring (bicyclic) bond motifs is 1. The van der Waals surface area contributed by atoms with Gasteiger partial charge in [0.05, 0.1) is 18.1 Å². The van der Waals surface area contributed by atoms with Gasteiger partial charge in [0.25, 0.3) is 0 Å². The van der Waals surface area contributed by atoms with E-state index in [1.165, 1.54) is 0 Å². The quantitative estimate of drug-likeness (QED) is 0.710. The highest BCUT2D eigenvalue weighted by atomic mass is 32.2. The van der Waals surface area contributed by atoms with Crippen LogP contribution in [0, 0.1) is 5.92 Å². The molecule has 1 saturated heterocycles. The first-order chi connectivity index (χ1) is 12.1. The van der Waals surface area contributed by atoms with Crippen LogP contribution >= 0.6 is 0 Å². The predicted octanol–water partition coefficient (Wildman–Crippen LogP) is 2.90. The second-order valence-corrected chi connectivity index (χ2v) is 8.36. The Kier molecular flexibility index (Phi) is 6.06. The average Bonchev–Trinajstić information content (AvgIpc) is 2.65. The normalized spacial score (nSPS) is 17.2. The summed E-state index contributed by atoms with van der Waals surface area (Å²) in [7, 11) is -1.78. The Bertz CT molecular complexity index is 798. The van der Waals surface area contributed by atoms with Crippen molar-refractivity contribution in [3.05, 3.63) is 42.5 Å². The molecule has 25 heavy (non-hydrogen) atoms. The topological polar surface area (TPSA) is 55.8 Å². The highest BCUT2D eigenvalue weighted by molar-refractivity contribution is 7.89. The van der Waals surface area contributed by atoms with Gasteiger partial charge in [0.15, 0.2) is 0 Å². The van der Waals surface area contributed by atoms with Crippen molar-refractivity contribution in [1.82, 2.24) is 4.31 Å². The minimum absolute atomic E-state index is 0.376. The lowest BCUT2D eigenvalue weighted by Crippen LogP contribution is -2.39. The SMILES string of the molecule is COCCOCC1CCN(S(=O)(=O)c2ccc3ccccc3c2)CC1. The Morgan fingerprint density at radius 1 is 1.04 bits per heavy atom. The van der Waals surface area contributed by atoms with E-state index >= 15 is 0 Å². The van der Waals surface area contributed by atoms with Crippen LogP contribution in [0.15, 0.2) is 47.4 Å². The molecule has 1 fully saturated rings. The van der Waals surface area contributed by atoms with Crippen molar-refractivity contribution in [3.63, 3.8) is 0 Å². The molecule has 0 atom stereocenters. The van der Waals surface area contributed by atoms with E-state index in [2.05, 4.69) is 0 Å². The molecule has 0 spiro atoms. The van der Waals surface area contributed by atoms with Gasteiger partial charge >= 0.3 is 0 Å². The number of hydrogen-bond donors (Lipinski definition) is 0. The molecule has 2 aromatic carbocycles. The van der Waals surface area contributed by atoms with Gasteiger partial charge in [0.1, 0.15) is 0 Å². The van der Waals surface area contributed by atoms with Crippen LogP contribution in [0.3, 0.4) is 0 Å². The molecule has 136 valence electrons. The van der Waals surface area contributed by atoms with Gasteiger partial charge in [0, 0.05) is 26.8 Å². The molecule has 1 heterocycles. The fourth-order valence-corrected chi connectivity index (χ4v) is 4.69. The third-order valence-corrected chi connectivity index (χ3v) is 6.61. The maximum Gasteiger partial charge on any atom is 0.243 e. The first-order valence-electron chi connectivity index (χ1n) is 8.67. The van der Waals surface area contributed by atoms with Crippen molar-refractivity contribution in [3.8, 4) is 0 Å². The number of nitrogens with zero attached hydrogens (tertiary/aromatic N) is 1. The number of benzene rings is 2. The van der Waals surface area contributed by atoms with Crippen molar-refractivity contribution in [2.24, 2.45) is 5.92 Å². The van der Waals surface area contributed by atoms with Crippen molar-refractivity contribution >= 4 is 20.8 Å². The maximum absolute atomic E-state index is 12.9. The molecule has 0 radical (unpaired) electrons. The lowest BCUT2D eigenvalue weighted by Gasteiger charge is -2.31. The maximum atomic E-state index is 12.9. The first-order valence-corrected chi connectivity index (χ1v) is 10.1. The number of piperidine rings is 1. The molecule has 0 aromatic heterocycles. The number of ether oxygens (including phenoxy) is 2. The average molecular weight is 363 g/mol. The highest BCUT2D eigenvalue weighted by Crippen LogP contribution is 2.26. The van der Waals surface area contributed by atoms with Crippen LogP contribution in [-0.2, 0) is 19.5 Å². The summed E-state index contributed by atoms with van der Waals surface area (Å²) >= 11 is 0. The zero-order valence-corrected chi connectivity index (χ0v) is 15.4. The lowest BCUT2D eigenvalue weighted by atomic mass is 9.99. The van der Waals surface area contributed by atoms with Crippen LogP contribution in [0.5, 0.6) is 0 Å². The molecule has 0 amide bonds. The second-order valence-electron chi connectivity index (χ2n) is 6.42. The van der Waals surface area contributed by atoms with Crippen molar-refractivity contribution in [2.45, 2.75) is 17.7 Å². The molecule has 0 bridgehead atoms. The van der Waals surface area contributed by atoms with Gasteiger partial charge in [-0.2, -0.15) is 4.31 Å².